The van der Waals surface area contributed by atoms with Gasteiger partial charge in [-0.25, -0.2) is 4.79 Å². The van der Waals surface area contributed by atoms with Crippen LogP contribution in [-0.4, -0.2) is 11.1 Å². The summed E-state index contributed by atoms with van der Waals surface area (Å²) in [5.41, 5.74) is 4.21. The largest absolute Gasteiger partial charge is 0.478 e. The summed E-state index contributed by atoms with van der Waals surface area (Å²) in [6.07, 6.45) is 1.71. The van der Waals surface area contributed by atoms with Crippen LogP contribution in [0.5, 0.6) is 0 Å². The van der Waals surface area contributed by atoms with Gasteiger partial charge in [-0.15, -0.1) is 0 Å². The molecule has 0 spiro atoms. The molecule has 94 valence electrons. The molecule has 1 N–H and O–H groups in total. The number of rotatable bonds is 2. The van der Waals surface area contributed by atoms with Gasteiger partial charge in [-0.1, -0.05) is 24.3 Å². The summed E-state index contributed by atoms with van der Waals surface area (Å²) in [4.78, 5) is 10.8. The molecule has 1 aromatic heterocycles. The Hall–Kier alpha value is -2.55. The minimum atomic E-state index is -0.917. The van der Waals surface area contributed by atoms with E-state index in [1.54, 1.807) is 30.5 Å². The Morgan fingerprint density at radius 3 is 2.53 bits per heavy atom. The normalized spacial score (nSPS) is 10.8. The highest BCUT2D eigenvalue weighted by molar-refractivity contribution is 5.95. The number of carbonyl (C=O) groups is 1. The minimum absolute atomic E-state index is 0.285. The lowest BCUT2D eigenvalue weighted by Gasteiger charge is -2.00. The fourth-order valence-corrected chi connectivity index (χ4v) is 2.15. The van der Waals surface area contributed by atoms with Gasteiger partial charge >= 0.3 is 5.97 Å². The molecule has 0 aliphatic heterocycles. The molecule has 0 aliphatic rings. The van der Waals surface area contributed by atoms with E-state index in [0.29, 0.717) is 0 Å². The first-order valence-electron chi connectivity index (χ1n) is 5.97. The third-order valence-electron chi connectivity index (χ3n) is 3.17. The molecule has 0 fully saturated rings. The van der Waals surface area contributed by atoms with Crippen LogP contribution in [0.1, 0.15) is 15.9 Å². The molecule has 19 heavy (non-hydrogen) atoms. The fourth-order valence-electron chi connectivity index (χ4n) is 2.15. The monoisotopic (exact) mass is 252 g/mol. The number of hydrogen-bond donors (Lipinski definition) is 1. The van der Waals surface area contributed by atoms with Gasteiger partial charge in [0, 0.05) is 10.9 Å². The van der Waals surface area contributed by atoms with Gasteiger partial charge < -0.3 is 9.52 Å². The Morgan fingerprint density at radius 2 is 1.84 bits per heavy atom. The maximum Gasteiger partial charge on any atom is 0.335 e. The standard InChI is InChI=1S/C16H12O3/c1-10-2-7-13-14(9-19-15(13)8-10)11-3-5-12(6-4-11)16(17)18/h2-9H,1H3,(H,17,18). The predicted octanol–water partition coefficient (Wildman–Crippen LogP) is 4.11. The van der Waals surface area contributed by atoms with Crippen molar-refractivity contribution in [2.75, 3.05) is 0 Å². The molecular weight excluding hydrogens is 240 g/mol. The topological polar surface area (TPSA) is 50.4 Å². The molecule has 0 aliphatic carbocycles. The summed E-state index contributed by atoms with van der Waals surface area (Å²) in [6, 6.07) is 12.8. The van der Waals surface area contributed by atoms with E-state index in [2.05, 4.69) is 0 Å². The Balaban J connectivity index is 2.11. The molecule has 0 radical (unpaired) electrons. The molecule has 3 aromatic rings. The van der Waals surface area contributed by atoms with Crippen molar-refractivity contribution in [1.29, 1.82) is 0 Å². The zero-order valence-corrected chi connectivity index (χ0v) is 10.4. The van der Waals surface area contributed by atoms with E-state index in [-0.39, 0.29) is 5.56 Å². The molecule has 3 rings (SSSR count). The van der Waals surface area contributed by atoms with Gasteiger partial charge in [0.25, 0.3) is 0 Å². The third kappa shape index (κ3) is 1.99. The lowest BCUT2D eigenvalue weighted by Crippen LogP contribution is -1.94. The first-order valence-corrected chi connectivity index (χ1v) is 5.97. The second-order valence-electron chi connectivity index (χ2n) is 4.53. The van der Waals surface area contributed by atoms with E-state index in [4.69, 9.17) is 9.52 Å². The highest BCUT2D eigenvalue weighted by atomic mass is 16.4. The quantitative estimate of drug-likeness (QED) is 0.746. The molecule has 0 amide bonds. The lowest BCUT2D eigenvalue weighted by atomic mass is 10.0. The SMILES string of the molecule is Cc1ccc2c(-c3ccc(C(=O)O)cc3)coc2c1. The van der Waals surface area contributed by atoms with E-state index in [1.165, 1.54) is 0 Å². The number of benzene rings is 2. The predicted molar refractivity (Wildman–Crippen MR) is 73.3 cm³/mol. The van der Waals surface area contributed by atoms with Crippen LogP contribution in [0.4, 0.5) is 0 Å². The molecule has 1 heterocycles. The van der Waals surface area contributed by atoms with E-state index in [0.717, 1.165) is 27.7 Å². The summed E-state index contributed by atoms with van der Waals surface area (Å²) in [6.45, 7) is 2.02. The highest BCUT2D eigenvalue weighted by Crippen LogP contribution is 2.31. The first-order chi connectivity index (χ1) is 9.15. The number of carboxylic acid groups (broad SMARTS) is 1. The Bertz CT molecular complexity index is 751. The number of aryl methyl sites for hydroxylation is 1. The summed E-state index contributed by atoms with van der Waals surface area (Å²) in [5, 5.41) is 9.93. The number of aromatic carboxylic acids is 1. The average molecular weight is 252 g/mol. The maximum absolute atomic E-state index is 10.8. The van der Waals surface area contributed by atoms with Crippen LogP contribution in [0.2, 0.25) is 0 Å². The molecule has 3 heteroatoms. The minimum Gasteiger partial charge on any atom is -0.478 e. The number of hydrogen-bond acceptors (Lipinski definition) is 2. The molecule has 0 atom stereocenters. The molecular formula is C16H12O3. The second-order valence-corrected chi connectivity index (χ2v) is 4.53. The molecule has 0 bridgehead atoms. The van der Waals surface area contributed by atoms with Gasteiger partial charge in [0.05, 0.1) is 11.8 Å². The van der Waals surface area contributed by atoms with Crippen molar-refractivity contribution >= 4 is 16.9 Å². The van der Waals surface area contributed by atoms with Crippen molar-refractivity contribution in [1.82, 2.24) is 0 Å². The maximum atomic E-state index is 10.8. The highest BCUT2D eigenvalue weighted by Gasteiger charge is 2.09. The summed E-state index contributed by atoms with van der Waals surface area (Å²) in [5.74, 6) is -0.917. The van der Waals surface area contributed by atoms with Gasteiger partial charge in [0.2, 0.25) is 0 Å². The van der Waals surface area contributed by atoms with Crippen molar-refractivity contribution in [3.8, 4) is 11.1 Å². The van der Waals surface area contributed by atoms with Gasteiger partial charge in [-0.3, -0.25) is 0 Å². The van der Waals surface area contributed by atoms with Crippen molar-refractivity contribution in [2.24, 2.45) is 0 Å². The molecule has 0 unspecified atom stereocenters. The molecule has 0 saturated heterocycles. The fraction of sp³-hybridized carbons (Fsp3) is 0.0625. The average Bonchev–Trinajstić information content (AvgIpc) is 2.81. The van der Waals surface area contributed by atoms with Gasteiger partial charge in [-0.2, -0.15) is 0 Å². The zero-order valence-electron chi connectivity index (χ0n) is 10.4. The smallest absolute Gasteiger partial charge is 0.335 e. The number of furan rings is 1. The zero-order chi connectivity index (χ0) is 13.4. The number of fused-ring (bicyclic) bond motifs is 1. The van der Waals surface area contributed by atoms with Gasteiger partial charge in [0.1, 0.15) is 5.58 Å². The van der Waals surface area contributed by atoms with E-state index < -0.39 is 5.97 Å². The van der Waals surface area contributed by atoms with Gasteiger partial charge in [-0.05, 0) is 36.2 Å². The molecule has 3 nitrogen and oxygen atoms in total. The third-order valence-corrected chi connectivity index (χ3v) is 3.17. The van der Waals surface area contributed by atoms with Crippen LogP contribution in [0.25, 0.3) is 22.1 Å². The lowest BCUT2D eigenvalue weighted by molar-refractivity contribution is 0.0697. The Morgan fingerprint density at radius 1 is 1.11 bits per heavy atom. The summed E-state index contributed by atoms with van der Waals surface area (Å²) < 4.78 is 5.55. The molecule has 2 aromatic carbocycles. The van der Waals surface area contributed by atoms with Crippen LogP contribution in [0.3, 0.4) is 0 Å². The van der Waals surface area contributed by atoms with Crippen molar-refractivity contribution in [3.05, 3.63) is 59.9 Å². The number of carboxylic acids is 1. The van der Waals surface area contributed by atoms with Crippen LogP contribution < -0.4 is 0 Å². The van der Waals surface area contributed by atoms with E-state index in [1.807, 2.05) is 25.1 Å². The molecule has 0 saturated carbocycles. The van der Waals surface area contributed by atoms with Crippen LogP contribution in [-0.2, 0) is 0 Å². The Labute approximate surface area is 110 Å². The van der Waals surface area contributed by atoms with E-state index >= 15 is 0 Å². The Kier molecular flexibility index (Phi) is 2.60. The van der Waals surface area contributed by atoms with Crippen LogP contribution in [0.15, 0.2) is 53.1 Å². The van der Waals surface area contributed by atoms with Gasteiger partial charge in [0.15, 0.2) is 0 Å². The first kappa shape index (κ1) is 11.5. The van der Waals surface area contributed by atoms with Crippen molar-refractivity contribution in [2.45, 2.75) is 6.92 Å². The van der Waals surface area contributed by atoms with Crippen LogP contribution in [0, 0.1) is 6.92 Å². The second kappa shape index (κ2) is 4.28. The summed E-state index contributed by atoms with van der Waals surface area (Å²) >= 11 is 0. The summed E-state index contributed by atoms with van der Waals surface area (Å²) in [7, 11) is 0. The van der Waals surface area contributed by atoms with Crippen molar-refractivity contribution in [3.63, 3.8) is 0 Å². The van der Waals surface area contributed by atoms with E-state index in [9.17, 15) is 4.79 Å². The van der Waals surface area contributed by atoms with Crippen LogP contribution >= 0.6 is 0 Å². The van der Waals surface area contributed by atoms with Crippen molar-refractivity contribution < 1.29 is 14.3 Å².